The van der Waals surface area contributed by atoms with E-state index in [9.17, 15) is 0 Å². The number of piperidine rings is 1. The van der Waals surface area contributed by atoms with Gasteiger partial charge in [0, 0.05) is 18.6 Å². The number of hydrogen-bond acceptors (Lipinski definition) is 2. The molecule has 1 aromatic carbocycles. The van der Waals surface area contributed by atoms with Gasteiger partial charge in [0.25, 0.3) is 0 Å². The zero-order valence-corrected chi connectivity index (χ0v) is 11.2. The minimum atomic E-state index is 0.533. The van der Waals surface area contributed by atoms with E-state index in [0.717, 1.165) is 0 Å². The lowest BCUT2D eigenvalue weighted by molar-refractivity contribution is 0.149. The highest BCUT2D eigenvalue weighted by Crippen LogP contribution is 2.24. The fraction of sp³-hybridized carbons (Fsp3) is 0.600. The van der Waals surface area contributed by atoms with Gasteiger partial charge >= 0.3 is 0 Å². The van der Waals surface area contributed by atoms with E-state index >= 15 is 0 Å². The summed E-state index contributed by atoms with van der Waals surface area (Å²) in [4.78, 5) is 2.60. The number of benzene rings is 1. The quantitative estimate of drug-likeness (QED) is 0.862. The van der Waals surface area contributed by atoms with Crippen molar-refractivity contribution in [1.29, 1.82) is 0 Å². The molecule has 2 unspecified atom stereocenters. The smallest absolute Gasteiger partial charge is 0.0320 e. The van der Waals surface area contributed by atoms with E-state index < -0.39 is 0 Å². The fourth-order valence-electron chi connectivity index (χ4n) is 2.73. The number of likely N-dealkylation sites (tertiary alicyclic amines) is 1. The van der Waals surface area contributed by atoms with Crippen LogP contribution in [0.4, 0.5) is 0 Å². The van der Waals surface area contributed by atoms with Gasteiger partial charge in [-0.2, -0.15) is 0 Å². The van der Waals surface area contributed by atoms with Crippen molar-refractivity contribution in [1.82, 2.24) is 10.2 Å². The minimum absolute atomic E-state index is 0.533. The predicted octanol–water partition coefficient (Wildman–Crippen LogP) is 2.74. The summed E-state index contributed by atoms with van der Waals surface area (Å²) >= 11 is 0. The molecule has 0 radical (unpaired) electrons. The van der Waals surface area contributed by atoms with Crippen molar-refractivity contribution in [3.63, 3.8) is 0 Å². The molecule has 1 aliphatic rings. The van der Waals surface area contributed by atoms with E-state index in [1.54, 1.807) is 0 Å². The topological polar surface area (TPSA) is 15.3 Å². The minimum Gasteiger partial charge on any atom is -0.316 e. The Kier molecular flexibility index (Phi) is 4.19. The molecular formula is C15H24N2. The van der Waals surface area contributed by atoms with Crippen molar-refractivity contribution in [3.05, 3.63) is 35.4 Å². The standard InChI is InChI=1S/C15H24N2/c1-12-6-4-7-14(10-12)13(2)17-9-5-8-15(11-17)16-3/h4,6-7,10,13,15-16H,5,8-9,11H2,1-3H3. The van der Waals surface area contributed by atoms with E-state index in [1.807, 2.05) is 0 Å². The molecule has 0 saturated carbocycles. The predicted molar refractivity (Wildman–Crippen MR) is 73.2 cm³/mol. The average Bonchev–Trinajstić information content (AvgIpc) is 2.38. The van der Waals surface area contributed by atoms with Crippen LogP contribution in [0.25, 0.3) is 0 Å². The largest absolute Gasteiger partial charge is 0.316 e. The van der Waals surface area contributed by atoms with E-state index in [4.69, 9.17) is 0 Å². The Morgan fingerprint density at radius 2 is 2.24 bits per heavy atom. The number of nitrogens with zero attached hydrogens (tertiary/aromatic N) is 1. The molecule has 17 heavy (non-hydrogen) atoms. The van der Waals surface area contributed by atoms with Crippen LogP contribution in [-0.4, -0.2) is 31.1 Å². The van der Waals surface area contributed by atoms with E-state index in [1.165, 1.54) is 37.1 Å². The first kappa shape index (κ1) is 12.6. The maximum atomic E-state index is 3.41. The Balaban J connectivity index is 2.06. The summed E-state index contributed by atoms with van der Waals surface area (Å²) in [5, 5.41) is 3.41. The van der Waals surface area contributed by atoms with Gasteiger partial charge in [0.2, 0.25) is 0 Å². The van der Waals surface area contributed by atoms with Crippen molar-refractivity contribution in [2.75, 3.05) is 20.1 Å². The molecule has 1 heterocycles. The van der Waals surface area contributed by atoms with Crippen LogP contribution >= 0.6 is 0 Å². The molecule has 0 bridgehead atoms. The van der Waals surface area contributed by atoms with E-state index in [2.05, 4.69) is 55.4 Å². The van der Waals surface area contributed by atoms with Crippen LogP contribution in [0, 0.1) is 6.92 Å². The summed E-state index contributed by atoms with van der Waals surface area (Å²) in [6, 6.07) is 10.1. The zero-order valence-electron chi connectivity index (χ0n) is 11.2. The Morgan fingerprint density at radius 1 is 1.41 bits per heavy atom. The summed E-state index contributed by atoms with van der Waals surface area (Å²) < 4.78 is 0. The normalized spacial score (nSPS) is 23.6. The second-order valence-corrected chi connectivity index (χ2v) is 5.21. The third-order valence-corrected chi connectivity index (χ3v) is 3.93. The molecule has 2 rings (SSSR count). The van der Waals surface area contributed by atoms with Gasteiger partial charge in [-0.3, -0.25) is 4.90 Å². The van der Waals surface area contributed by atoms with Crippen LogP contribution in [-0.2, 0) is 0 Å². The van der Waals surface area contributed by atoms with Gasteiger partial charge in [-0.15, -0.1) is 0 Å². The molecule has 1 aromatic rings. The average molecular weight is 232 g/mol. The molecule has 1 fully saturated rings. The molecule has 0 spiro atoms. The summed E-state index contributed by atoms with van der Waals surface area (Å²) in [5.74, 6) is 0. The van der Waals surface area contributed by atoms with Gasteiger partial charge in [-0.25, -0.2) is 0 Å². The van der Waals surface area contributed by atoms with Gasteiger partial charge in [0.1, 0.15) is 0 Å². The second-order valence-electron chi connectivity index (χ2n) is 5.21. The first-order chi connectivity index (χ1) is 8.20. The maximum Gasteiger partial charge on any atom is 0.0320 e. The lowest BCUT2D eigenvalue weighted by Gasteiger charge is -2.37. The van der Waals surface area contributed by atoms with E-state index in [0.29, 0.717) is 12.1 Å². The van der Waals surface area contributed by atoms with Crippen LogP contribution in [0.15, 0.2) is 24.3 Å². The number of aryl methyl sites for hydroxylation is 1. The number of likely N-dealkylation sites (N-methyl/N-ethyl adjacent to an activating group) is 1. The second kappa shape index (κ2) is 5.65. The molecule has 0 aliphatic carbocycles. The number of rotatable bonds is 3. The number of hydrogen-bond donors (Lipinski definition) is 1. The van der Waals surface area contributed by atoms with Crippen molar-refractivity contribution in [3.8, 4) is 0 Å². The van der Waals surface area contributed by atoms with Crippen LogP contribution in [0.5, 0.6) is 0 Å². The Bertz CT molecular complexity index is 362. The third-order valence-electron chi connectivity index (χ3n) is 3.93. The fourth-order valence-corrected chi connectivity index (χ4v) is 2.73. The third kappa shape index (κ3) is 3.08. The van der Waals surface area contributed by atoms with Gasteiger partial charge in [-0.1, -0.05) is 29.8 Å². The van der Waals surface area contributed by atoms with Crippen molar-refractivity contribution >= 4 is 0 Å². The zero-order chi connectivity index (χ0) is 12.3. The summed E-state index contributed by atoms with van der Waals surface area (Å²) in [6.07, 6.45) is 2.62. The molecule has 2 atom stereocenters. The van der Waals surface area contributed by atoms with Crippen LogP contribution in [0.1, 0.15) is 36.9 Å². The van der Waals surface area contributed by atoms with E-state index in [-0.39, 0.29) is 0 Å². The number of nitrogens with one attached hydrogen (secondary N) is 1. The molecule has 1 aliphatic heterocycles. The molecule has 1 saturated heterocycles. The highest BCUT2D eigenvalue weighted by Gasteiger charge is 2.23. The van der Waals surface area contributed by atoms with Crippen molar-refractivity contribution < 1.29 is 0 Å². The van der Waals surface area contributed by atoms with Crippen LogP contribution in [0.3, 0.4) is 0 Å². The Morgan fingerprint density at radius 3 is 2.94 bits per heavy atom. The molecule has 0 amide bonds. The first-order valence-corrected chi connectivity index (χ1v) is 6.68. The lowest BCUT2D eigenvalue weighted by Crippen LogP contribution is -2.45. The molecule has 94 valence electrons. The highest BCUT2D eigenvalue weighted by atomic mass is 15.2. The summed E-state index contributed by atoms with van der Waals surface area (Å²) in [5.41, 5.74) is 2.80. The van der Waals surface area contributed by atoms with Crippen LogP contribution in [0.2, 0.25) is 0 Å². The van der Waals surface area contributed by atoms with Gasteiger partial charge in [0.15, 0.2) is 0 Å². The van der Waals surface area contributed by atoms with Gasteiger partial charge in [0.05, 0.1) is 0 Å². The van der Waals surface area contributed by atoms with Gasteiger partial charge in [-0.05, 0) is 45.8 Å². The van der Waals surface area contributed by atoms with Crippen LogP contribution < -0.4 is 5.32 Å². The summed E-state index contributed by atoms with van der Waals surface area (Å²) in [6.45, 7) is 6.90. The molecule has 1 N–H and O–H groups in total. The summed E-state index contributed by atoms with van der Waals surface area (Å²) in [7, 11) is 2.07. The molecule has 2 nitrogen and oxygen atoms in total. The first-order valence-electron chi connectivity index (χ1n) is 6.68. The van der Waals surface area contributed by atoms with Crippen molar-refractivity contribution in [2.45, 2.75) is 38.8 Å². The monoisotopic (exact) mass is 232 g/mol. The Labute approximate surface area is 105 Å². The molecule has 2 heteroatoms. The Hall–Kier alpha value is -0.860. The SMILES string of the molecule is CNC1CCCN(C(C)c2cccc(C)c2)C1. The molecule has 0 aromatic heterocycles. The highest BCUT2D eigenvalue weighted by molar-refractivity contribution is 5.24. The van der Waals surface area contributed by atoms with Crippen molar-refractivity contribution in [2.24, 2.45) is 0 Å². The maximum absolute atomic E-state index is 3.41. The lowest BCUT2D eigenvalue weighted by atomic mass is 9.99. The van der Waals surface area contributed by atoms with Gasteiger partial charge < -0.3 is 5.32 Å². The molecular weight excluding hydrogens is 208 g/mol.